The first-order valence-electron chi connectivity index (χ1n) is 6.51. The van der Waals surface area contributed by atoms with E-state index in [0.29, 0.717) is 6.54 Å². The summed E-state index contributed by atoms with van der Waals surface area (Å²) in [6, 6.07) is 3.68. The fourth-order valence-electron chi connectivity index (χ4n) is 2.22. The Morgan fingerprint density at radius 1 is 1.38 bits per heavy atom. The monoisotopic (exact) mass is 299 g/mol. The van der Waals surface area contributed by atoms with E-state index in [4.69, 9.17) is 9.84 Å². The number of carbonyl (C=O) groups excluding carboxylic acids is 1. The molecule has 1 fully saturated rings. The molecule has 0 bridgehead atoms. The molecule has 0 spiro atoms. The Hall–Kier alpha value is -2.02. The first kappa shape index (κ1) is 15.4. The second-order valence-corrected chi connectivity index (χ2v) is 4.82. The molecule has 1 saturated heterocycles. The average Bonchev–Trinajstić information content (AvgIpc) is 2.43. The van der Waals surface area contributed by atoms with Crippen molar-refractivity contribution >= 4 is 11.9 Å². The molecule has 0 saturated carbocycles. The third-order valence-electron chi connectivity index (χ3n) is 3.27. The topological polar surface area (TPSA) is 66.8 Å². The molecule has 114 valence electrons. The summed E-state index contributed by atoms with van der Waals surface area (Å²) in [4.78, 5) is 24.2. The number of morpholine rings is 1. The van der Waals surface area contributed by atoms with Crippen LogP contribution in [0.3, 0.4) is 0 Å². The van der Waals surface area contributed by atoms with Gasteiger partial charge in [0.05, 0.1) is 25.6 Å². The highest BCUT2D eigenvalue weighted by molar-refractivity contribution is 5.79. The van der Waals surface area contributed by atoms with Gasteiger partial charge in [0.15, 0.2) is 11.6 Å². The van der Waals surface area contributed by atoms with Gasteiger partial charge < -0.3 is 14.7 Å². The zero-order chi connectivity index (χ0) is 15.4. The number of hydrogen-bond donors (Lipinski definition) is 1. The van der Waals surface area contributed by atoms with Crippen molar-refractivity contribution in [3.63, 3.8) is 0 Å². The number of halogens is 2. The molecule has 0 aliphatic carbocycles. The molecule has 1 aromatic rings. The van der Waals surface area contributed by atoms with Gasteiger partial charge in [-0.1, -0.05) is 12.1 Å². The smallest absolute Gasteiger partial charge is 0.306 e. The number of benzene rings is 1. The Morgan fingerprint density at radius 3 is 2.86 bits per heavy atom. The normalized spacial score (nSPS) is 18.6. The summed E-state index contributed by atoms with van der Waals surface area (Å²) in [5.41, 5.74) is -0.0127. The van der Waals surface area contributed by atoms with Gasteiger partial charge in [-0.3, -0.25) is 9.59 Å². The predicted molar refractivity (Wildman–Crippen MR) is 68.6 cm³/mol. The molecule has 21 heavy (non-hydrogen) atoms. The summed E-state index contributed by atoms with van der Waals surface area (Å²) < 4.78 is 31.9. The number of rotatable bonds is 4. The summed E-state index contributed by atoms with van der Waals surface area (Å²) in [6.07, 6.45) is -1.03. The quantitative estimate of drug-likeness (QED) is 0.907. The number of nitrogens with zero attached hydrogens (tertiary/aromatic N) is 1. The molecule has 1 heterocycles. The molecule has 0 aromatic heterocycles. The highest BCUT2D eigenvalue weighted by Gasteiger charge is 2.26. The number of carboxylic acid groups (broad SMARTS) is 1. The fourth-order valence-corrected chi connectivity index (χ4v) is 2.22. The van der Waals surface area contributed by atoms with Crippen LogP contribution in [-0.4, -0.2) is 47.7 Å². The Bertz CT molecular complexity index is 550. The first-order chi connectivity index (χ1) is 9.97. The Balaban J connectivity index is 1.99. The Kier molecular flexibility index (Phi) is 4.85. The summed E-state index contributed by atoms with van der Waals surface area (Å²) in [6.45, 7) is 0.684. The van der Waals surface area contributed by atoms with Crippen molar-refractivity contribution in [3.8, 4) is 0 Å². The van der Waals surface area contributed by atoms with Crippen LogP contribution in [0.25, 0.3) is 0 Å². The molecule has 1 N–H and O–H groups in total. The summed E-state index contributed by atoms with van der Waals surface area (Å²) in [5.74, 6) is -3.41. The number of carboxylic acids is 1. The van der Waals surface area contributed by atoms with Gasteiger partial charge in [-0.2, -0.15) is 0 Å². The molecule has 1 aliphatic heterocycles. The minimum Gasteiger partial charge on any atom is -0.481 e. The zero-order valence-corrected chi connectivity index (χ0v) is 11.2. The molecule has 2 rings (SSSR count). The maximum absolute atomic E-state index is 13.5. The number of aliphatic carboxylic acids is 1. The molecule has 1 aromatic carbocycles. The molecule has 0 radical (unpaired) electrons. The molecular formula is C14H15F2NO4. The lowest BCUT2D eigenvalue weighted by molar-refractivity contribution is -0.147. The first-order valence-corrected chi connectivity index (χ1v) is 6.51. The SMILES string of the molecule is O=C(O)C[C@H]1CN(C(=O)Cc2cccc(F)c2F)CCO1. The molecular weight excluding hydrogens is 284 g/mol. The maximum Gasteiger partial charge on any atom is 0.306 e. The molecule has 0 unspecified atom stereocenters. The molecule has 1 aliphatic rings. The van der Waals surface area contributed by atoms with E-state index < -0.39 is 23.7 Å². The number of hydrogen-bond acceptors (Lipinski definition) is 3. The molecule has 7 heteroatoms. The summed E-state index contributed by atoms with van der Waals surface area (Å²) in [5, 5.41) is 8.72. The minimum absolute atomic E-state index is 0.0127. The van der Waals surface area contributed by atoms with E-state index in [9.17, 15) is 18.4 Å². The third-order valence-corrected chi connectivity index (χ3v) is 3.27. The van der Waals surface area contributed by atoms with Gasteiger partial charge in [0, 0.05) is 18.7 Å². The number of carbonyl (C=O) groups is 2. The van der Waals surface area contributed by atoms with E-state index in [1.165, 1.54) is 17.0 Å². The number of ether oxygens (including phenoxy) is 1. The van der Waals surface area contributed by atoms with Crippen molar-refractivity contribution in [2.75, 3.05) is 19.7 Å². The van der Waals surface area contributed by atoms with E-state index in [2.05, 4.69) is 0 Å². The van der Waals surface area contributed by atoms with E-state index in [1.54, 1.807) is 0 Å². The highest BCUT2D eigenvalue weighted by Crippen LogP contribution is 2.15. The molecule has 1 atom stereocenters. The lowest BCUT2D eigenvalue weighted by atomic mass is 10.1. The zero-order valence-electron chi connectivity index (χ0n) is 11.2. The van der Waals surface area contributed by atoms with Crippen molar-refractivity contribution in [2.45, 2.75) is 18.9 Å². The van der Waals surface area contributed by atoms with Crippen LogP contribution in [0.4, 0.5) is 8.78 Å². The van der Waals surface area contributed by atoms with E-state index in [-0.39, 0.29) is 37.5 Å². The van der Waals surface area contributed by atoms with Crippen LogP contribution in [-0.2, 0) is 20.7 Å². The van der Waals surface area contributed by atoms with Crippen LogP contribution in [0.2, 0.25) is 0 Å². The van der Waals surface area contributed by atoms with Gasteiger partial charge >= 0.3 is 5.97 Å². The highest BCUT2D eigenvalue weighted by atomic mass is 19.2. The van der Waals surface area contributed by atoms with Gasteiger partial charge in [0.2, 0.25) is 5.91 Å². The lowest BCUT2D eigenvalue weighted by Gasteiger charge is -2.32. The van der Waals surface area contributed by atoms with Crippen LogP contribution >= 0.6 is 0 Å². The van der Waals surface area contributed by atoms with Gasteiger partial charge in [0.25, 0.3) is 0 Å². The van der Waals surface area contributed by atoms with E-state index in [0.717, 1.165) is 6.07 Å². The van der Waals surface area contributed by atoms with Crippen molar-refractivity contribution < 1.29 is 28.2 Å². The van der Waals surface area contributed by atoms with Crippen molar-refractivity contribution in [2.24, 2.45) is 0 Å². The van der Waals surface area contributed by atoms with E-state index in [1.807, 2.05) is 0 Å². The van der Waals surface area contributed by atoms with Crippen molar-refractivity contribution in [3.05, 3.63) is 35.4 Å². The summed E-state index contributed by atoms with van der Waals surface area (Å²) >= 11 is 0. The van der Waals surface area contributed by atoms with E-state index >= 15 is 0 Å². The van der Waals surface area contributed by atoms with Gasteiger partial charge in [-0.15, -0.1) is 0 Å². The lowest BCUT2D eigenvalue weighted by Crippen LogP contribution is -2.46. The average molecular weight is 299 g/mol. The van der Waals surface area contributed by atoms with Crippen molar-refractivity contribution in [1.82, 2.24) is 4.90 Å². The van der Waals surface area contributed by atoms with Crippen LogP contribution in [0.5, 0.6) is 0 Å². The second-order valence-electron chi connectivity index (χ2n) is 4.82. The largest absolute Gasteiger partial charge is 0.481 e. The van der Waals surface area contributed by atoms with Crippen LogP contribution in [0.1, 0.15) is 12.0 Å². The van der Waals surface area contributed by atoms with Crippen LogP contribution in [0.15, 0.2) is 18.2 Å². The Morgan fingerprint density at radius 2 is 2.14 bits per heavy atom. The summed E-state index contributed by atoms with van der Waals surface area (Å²) in [7, 11) is 0. The van der Waals surface area contributed by atoms with Crippen LogP contribution < -0.4 is 0 Å². The predicted octanol–water partition coefficient (Wildman–Crippen LogP) is 1.21. The van der Waals surface area contributed by atoms with Gasteiger partial charge in [-0.05, 0) is 6.07 Å². The maximum atomic E-state index is 13.5. The minimum atomic E-state index is -1.03. The molecule has 5 nitrogen and oxygen atoms in total. The second kappa shape index (κ2) is 6.62. The van der Waals surface area contributed by atoms with Crippen LogP contribution in [0, 0.1) is 11.6 Å². The molecule has 1 amide bonds. The number of amides is 1. The fraction of sp³-hybridized carbons (Fsp3) is 0.429. The van der Waals surface area contributed by atoms with Gasteiger partial charge in [-0.25, -0.2) is 8.78 Å². The Labute approximate surface area is 120 Å². The van der Waals surface area contributed by atoms with Gasteiger partial charge in [0.1, 0.15) is 0 Å². The van der Waals surface area contributed by atoms with Crippen molar-refractivity contribution in [1.29, 1.82) is 0 Å². The third kappa shape index (κ3) is 3.98. The standard InChI is InChI=1S/C14H15F2NO4/c15-11-3-1-2-9(14(11)16)6-12(18)17-4-5-21-10(8-17)7-13(19)20/h1-3,10H,4-8H2,(H,19,20)/t10-/m0/s1.